The van der Waals surface area contributed by atoms with Crippen molar-refractivity contribution in [3.8, 4) is 0 Å². The SMILES string of the molecule is CCCC(NCCC(F)(F)F)c1cccs1. The van der Waals surface area contributed by atoms with Gasteiger partial charge in [0.05, 0.1) is 6.42 Å². The Kier molecular flexibility index (Phi) is 5.28. The standard InChI is InChI=1S/C11H16F3NS/c1-2-4-9(10-5-3-8-16-10)15-7-6-11(12,13)14/h3,5,8-9,15H,2,4,6-7H2,1H3. The lowest BCUT2D eigenvalue weighted by atomic mass is 10.1. The molecule has 0 aliphatic heterocycles. The van der Waals surface area contributed by atoms with Crippen LogP contribution in [0.25, 0.3) is 0 Å². The highest BCUT2D eigenvalue weighted by Gasteiger charge is 2.26. The Labute approximate surface area is 97.7 Å². The van der Waals surface area contributed by atoms with Crippen LogP contribution in [-0.2, 0) is 0 Å². The molecule has 0 aliphatic rings. The number of alkyl halides is 3. The van der Waals surface area contributed by atoms with E-state index in [9.17, 15) is 13.2 Å². The van der Waals surface area contributed by atoms with Crippen LogP contribution in [0.3, 0.4) is 0 Å². The Balaban J connectivity index is 2.41. The minimum absolute atomic E-state index is 0.00787. The molecule has 92 valence electrons. The van der Waals surface area contributed by atoms with E-state index < -0.39 is 12.6 Å². The van der Waals surface area contributed by atoms with Gasteiger partial charge in [0, 0.05) is 17.5 Å². The molecule has 1 atom stereocenters. The Morgan fingerprint density at radius 1 is 1.44 bits per heavy atom. The number of thiophene rings is 1. The van der Waals surface area contributed by atoms with Gasteiger partial charge in [-0.1, -0.05) is 19.4 Å². The van der Waals surface area contributed by atoms with Crippen LogP contribution in [0.15, 0.2) is 17.5 Å². The number of nitrogens with one attached hydrogen (secondary N) is 1. The zero-order valence-electron chi connectivity index (χ0n) is 9.18. The molecule has 1 unspecified atom stereocenters. The van der Waals surface area contributed by atoms with Gasteiger partial charge in [0.25, 0.3) is 0 Å². The van der Waals surface area contributed by atoms with Gasteiger partial charge in [-0.15, -0.1) is 11.3 Å². The smallest absolute Gasteiger partial charge is 0.309 e. The Bertz CT molecular complexity index is 282. The summed E-state index contributed by atoms with van der Waals surface area (Å²) in [6.45, 7) is 2.03. The molecule has 1 nitrogen and oxygen atoms in total. The van der Waals surface area contributed by atoms with Crippen molar-refractivity contribution in [3.63, 3.8) is 0 Å². The summed E-state index contributed by atoms with van der Waals surface area (Å²) in [6, 6.07) is 3.95. The highest BCUT2D eigenvalue weighted by Crippen LogP contribution is 2.24. The number of halogens is 3. The highest BCUT2D eigenvalue weighted by atomic mass is 32.1. The molecule has 0 radical (unpaired) electrons. The summed E-state index contributed by atoms with van der Waals surface area (Å²) >= 11 is 1.59. The molecule has 0 aliphatic carbocycles. The Hall–Kier alpha value is -0.550. The van der Waals surface area contributed by atoms with Gasteiger partial charge in [0.2, 0.25) is 0 Å². The molecule has 0 bridgehead atoms. The maximum atomic E-state index is 12.0. The summed E-state index contributed by atoms with van der Waals surface area (Å²) in [5.74, 6) is 0. The first-order chi connectivity index (χ1) is 7.53. The van der Waals surface area contributed by atoms with Gasteiger partial charge in [0.15, 0.2) is 0 Å². The molecule has 1 aromatic heterocycles. The molecule has 1 rings (SSSR count). The van der Waals surface area contributed by atoms with Crippen LogP contribution < -0.4 is 5.32 Å². The van der Waals surface area contributed by atoms with Gasteiger partial charge in [-0.3, -0.25) is 0 Å². The fourth-order valence-electron chi connectivity index (χ4n) is 1.51. The van der Waals surface area contributed by atoms with E-state index in [-0.39, 0.29) is 12.6 Å². The molecule has 1 aromatic rings. The normalized spacial score (nSPS) is 14.0. The average Bonchev–Trinajstić information content (AvgIpc) is 2.67. The van der Waals surface area contributed by atoms with E-state index in [0.29, 0.717) is 0 Å². The van der Waals surface area contributed by atoms with Gasteiger partial charge < -0.3 is 5.32 Å². The number of hydrogen-bond donors (Lipinski definition) is 1. The van der Waals surface area contributed by atoms with E-state index in [0.717, 1.165) is 17.7 Å². The fourth-order valence-corrected chi connectivity index (χ4v) is 2.35. The number of hydrogen-bond acceptors (Lipinski definition) is 2. The third-order valence-electron chi connectivity index (χ3n) is 2.26. The first-order valence-electron chi connectivity index (χ1n) is 5.36. The summed E-state index contributed by atoms with van der Waals surface area (Å²) in [5.41, 5.74) is 0. The maximum absolute atomic E-state index is 12.0. The van der Waals surface area contributed by atoms with Crippen LogP contribution in [0.4, 0.5) is 13.2 Å². The van der Waals surface area contributed by atoms with Crippen molar-refractivity contribution in [2.75, 3.05) is 6.54 Å². The van der Waals surface area contributed by atoms with E-state index in [1.165, 1.54) is 0 Å². The van der Waals surface area contributed by atoms with Crippen LogP contribution >= 0.6 is 11.3 Å². The van der Waals surface area contributed by atoms with Crippen LogP contribution in [0.5, 0.6) is 0 Å². The third-order valence-corrected chi connectivity index (χ3v) is 3.25. The topological polar surface area (TPSA) is 12.0 Å². The molecular weight excluding hydrogens is 235 g/mol. The zero-order valence-corrected chi connectivity index (χ0v) is 10.00. The predicted octanol–water partition coefficient (Wildman–Crippen LogP) is 4.13. The van der Waals surface area contributed by atoms with Crippen LogP contribution in [-0.4, -0.2) is 12.7 Å². The van der Waals surface area contributed by atoms with Gasteiger partial charge in [-0.25, -0.2) is 0 Å². The lowest BCUT2D eigenvalue weighted by Crippen LogP contribution is -2.25. The molecule has 0 saturated heterocycles. The first kappa shape index (κ1) is 13.5. The zero-order chi connectivity index (χ0) is 12.0. The third kappa shape index (κ3) is 4.99. The molecule has 1 N–H and O–H groups in total. The first-order valence-corrected chi connectivity index (χ1v) is 6.24. The second-order valence-electron chi connectivity index (χ2n) is 3.68. The summed E-state index contributed by atoms with van der Waals surface area (Å²) in [7, 11) is 0. The van der Waals surface area contributed by atoms with E-state index >= 15 is 0 Å². The quantitative estimate of drug-likeness (QED) is 0.801. The molecule has 0 spiro atoms. The minimum Gasteiger partial charge on any atom is -0.309 e. The van der Waals surface area contributed by atoms with Crippen molar-refractivity contribution in [1.29, 1.82) is 0 Å². The summed E-state index contributed by atoms with van der Waals surface area (Å²) in [6.07, 6.45) is -3.00. The van der Waals surface area contributed by atoms with E-state index in [4.69, 9.17) is 0 Å². The van der Waals surface area contributed by atoms with E-state index in [2.05, 4.69) is 5.32 Å². The largest absolute Gasteiger partial charge is 0.390 e. The molecular formula is C11H16F3NS. The lowest BCUT2D eigenvalue weighted by Gasteiger charge is -2.17. The fraction of sp³-hybridized carbons (Fsp3) is 0.636. The molecule has 5 heteroatoms. The molecule has 16 heavy (non-hydrogen) atoms. The molecule has 0 aromatic carbocycles. The van der Waals surface area contributed by atoms with Gasteiger partial charge in [0.1, 0.15) is 0 Å². The molecule has 0 amide bonds. The van der Waals surface area contributed by atoms with Crippen LogP contribution in [0, 0.1) is 0 Å². The Morgan fingerprint density at radius 2 is 2.19 bits per heavy atom. The second kappa shape index (κ2) is 6.25. The summed E-state index contributed by atoms with van der Waals surface area (Å²) in [5, 5.41) is 4.92. The predicted molar refractivity (Wildman–Crippen MR) is 60.6 cm³/mol. The van der Waals surface area contributed by atoms with Crippen molar-refractivity contribution in [1.82, 2.24) is 5.32 Å². The Morgan fingerprint density at radius 3 is 2.69 bits per heavy atom. The number of rotatable bonds is 6. The van der Waals surface area contributed by atoms with Crippen LogP contribution in [0.2, 0.25) is 0 Å². The van der Waals surface area contributed by atoms with E-state index in [1.54, 1.807) is 11.3 Å². The van der Waals surface area contributed by atoms with Gasteiger partial charge >= 0.3 is 6.18 Å². The van der Waals surface area contributed by atoms with Crippen molar-refractivity contribution >= 4 is 11.3 Å². The maximum Gasteiger partial charge on any atom is 0.390 e. The van der Waals surface area contributed by atoms with Gasteiger partial charge in [-0.2, -0.15) is 13.2 Å². The molecule has 1 heterocycles. The molecule has 0 fully saturated rings. The highest BCUT2D eigenvalue weighted by molar-refractivity contribution is 7.10. The van der Waals surface area contributed by atoms with Crippen molar-refractivity contribution < 1.29 is 13.2 Å². The minimum atomic E-state index is -4.07. The van der Waals surface area contributed by atoms with Crippen LogP contribution in [0.1, 0.15) is 37.1 Å². The van der Waals surface area contributed by atoms with E-state index in [1.807, 2.05) is 24.4 Å². The monoisotopic (exact) mass is 251 g/mol. The van der Waals surface area contributed by atoms with Crippen molar-refractivity contribution in [3.05, 3.63) is 22.4 Å². The average molecular weight is 251 g/mol. The lowest BCUT2D eigenvalue weighted by molar-refractivity contribution is -0.133. The van der Waals surface area contributed by atoms with Gasteiger partial charge in [-0.05, 0) is 17.9 Å². The summed E-state index contributed by atoms with van der Waals surface area (Å²) in [4.78, 5) is 1.11. The molecule has 0 saturated carbocycles. The van der Waals surface area contributed by atoms with Crippen molar-refractivity contribution in [2.45, 2.75) is 38.4 Å². The second-order valence-corrected chi connectivity index (χ2v) is 4.66. The summed E-state index contributed by atoms with van der Waals surface area (Å²) < 4.78 is 36.0. The van der Waals surface area contributed by atoms with Crippen molar-refractivity contribution in [2.24, 2.45) is 0 Å².